The van der Waals surface area contributed by atoms with Crippen molar-refractivity contribution in [1.82, 2.24) is 4.57 Å². The maximum absolute atomic E-state index is 13.5. The average Bonchev–Trinajstić information content (AvgIpc) is 3.04. The van der Waals surface area contributed by atoms with Gasteiger partial charge >= 0.3 is 11.9 Å². The van der Waals surface area contributed by atoms with E-state index in [4.69, 9.17) is 10.5 Å². The van der Waals surface area contributed by atoms with Crippen molar-refractivity contribution < 1.29 is 14.3 Å². The standard InChI is InChI=1S/C26H25N3O3/c1-16-9-8-10-17(2)23(16)21-15-20(13-14-22(21)32-4)25-28(26(27)30)18(3)24(29(25)31)19-11-6-5-7-12-19/h5-15H,1-4H3,(H2,27,30). The largest absolute Gasteiger partial charge is 0.710 e. The molecule has 1 amide bonds. The molecule has 0 bridgehead atoms. The van der Waals surface area contributed by atoms with Gasteiger partial charge in [-0.15, -0.1) is 4.57 Å². The Labute approximate surface area is 187 Å². The number of nitrogens with zero attached hydrogens (tertiary/aromatic N) is 2. The Hall–Kier alpha value is -4.06. The molecule has 0 aliphatic heterocycles. The van der Waals surface area contributed by atoms with E-state index in [9.17, 15) is 10.0 Å². The molecule has 2 N–H and O–H groups in total. The van der Waals surface area contributed by atoms with Crippen molar-refractivity contribution in [3.05, 3.63) is 88.8 Å². The number of benzene rings is 3. The first-order valence-corrected chi connectivity index (χ1v) is 10.3. The van der Waals surface area contributed by atoms with Crippen molar-refractivity contribution in [2.45, 2.75) is 20.8 Å². The van der Waals surface area contributed by atoms with E-state index >= 15 is 0 Å². The summed E-state index contributed by atoms with van der Waals surface area (Å²) in [5.74, 6) is 0.852. The highest BCUT2D eigenvalue weighted by Crippen LogP contribution is 2.38. The van der Waals surface area contributed by atoms with E-state index in [0.29, 0.717) is 28.3 Å². The predicted octanol–water partition coefficient (Wildman–Crippen LogP) is 4.98. The summed E-state index contributed by atoms with van der Waals surface area (Å²) in [7, 11) is 1.61. The molecule has 32 heavy (non-hydrogen) atoms. The molecule has 0 atom stereocenters. The number of carbonyl (C=O) groups excluding carboxylic acids is 1. The third kappa shape index (κ3) is 3.39. The first-order chi connectivity index (χ1) is 15.3. The molecule has 0 spiro atoms. The van der Waals surface area contributed by atoms with Crippen LogP contribution in [0.5, 0.6) is 5.75 Å². The second-order valence-electron chi connectivity index (χ2n) is 7.77. The summed E-state index contributed by atoms with van der Waals surface area (Å²) >= 11 is 0. The summed E-state index contributed by atoms with van der Waals surface area (Å²) in [5, 5.41) is 13.5. The van der Waals surface area contributed by atoms with Gasteiger partial charge in [-0.25, -0.2) is 9.52 Å². The highest BCUT2D eigenvalue weighted by atomic mass is 16.5. The molecule has 1 aromatic heterocycles. The second kappa shape index (κ2) is 8.23. The van der Waals surface area contributed by atoms with E-state index < -0.39 is 6.03 Å². The summed E-state index contributed by atoms with van der Waals surface area (Å²) < 4.78 is 7.68. The molecule has 6 heteroatoms. The Morgan fingerprint density at radius 3 is 2.19 bits per heavy atom. The minimum Gasteiger partial charge on any atom is -0.710 e. The molecule has 4 aromatic rings. The van der Waals surface area contributed by atoms with Crippen LogP contribution < -0.4 is 15.2 Å². The lowest BCUT2D eigenvalue weighted by Gasteiger charge is -2.15. The Balaban J connectivity index is 2.02. The average molecular weight is 428 g/mol. The van der Waals surface area contributed by atoms with Gasteiger partial charge in [0.2, 0.25) is 0 Å². The quantitative estimate of drug-likeness (QED) is 0.368. The summed E-state index contributed by atoms with van der Waals surface area (Å²) in [4.78, 5) is 12.4. The Bertz CT molecular complexity index is 1300. The monoisotopic (exact) mass is 427 g/mol. The lowest BCUT2D eigenvalue weighted by atomic mass is 9.93. The molecule has 0 radical (unpaired) electrons. The fraction of sp³-hybridized carbons (Fsp3) is 0.154. The van der Waals surface area contributed by atoms with Crippen LogP contribution in [0.15, 0.2) is 66.7 Å². The van der Waals surface area contributed by atoms with Crippen LogP contribution in [-0.2, 0) is 0 Å². The predicted molar refractivity (Wildman–Crippen MR) is 125 cm³/mol. The van der Waals surface area contributed by atoms with Gasteiger partial charge in [-0.1, -0.05) is 48.5 Å². The summed E-state index contributed by atoms with van der Waals surface area (Å²) in [6.07, 6.45) is 0. The van der Waals surface area contributed by atoms with Gasteiger partial charge in [-0.3, -0.25) is 0 Å². The normalized spacial score (nSPS) is 10.9. The second-order valence-corrected chi connectivity index (χ2v) is 7.77. The molecule has 4 rings (SSSR count). The van der Waals surface area contributed by atoms with E-state index in [0.717, 1.165) is 27.0 Å². The maximum Gasteiger partial charge on any atom is 0.411 e. The van der Waals surface area contributed by atoms with Crippen molar-refractivity contribution >= 4 is 6.03 Å². The molecule has 0 saturated heterocycles. The molecule has 162 valence electrons. The molecule has 3 aromatic carbocycles. The van der Waals surface area contributed by atoms with Gasteiger partial charge in [0.15, 0.2) is 11.4 Å². The number of amides is 1. The third-order valence-corrected chi connectivity index (χ3v) is 5.76. The van der Waals surface area contributed by atoms with Crippen LogP contribution in [0.3, 0.4) is 0 Å². The van der Waals surface area contributed by atoms with Crippen molar-refractivity contribution in [3.63, 3.8) is 0 Å². The van der Waals surface area contributed by atoms with Crippen LogP contribution >= 0.6 is 0 Å². The number of primary amides is 1. The number of aryl methyl sites for hydroxylation is 2. The van der Waals surface area contributed by atoms with Gasteiger partial charge in [-0.2, -0.15) is 0 Å². The highest BCUT2D eigenvalue weighted by molar-refractivity contribution is 5.85. The lowest BCUT2D eigenvalue weighted by Crippen LogP contribution is -2.32. The van der Waals surface area contributed by atoms with Crippen LogP contribution in [0.25, 0.3) is 33.8 Å². The van der Waals surface area contributed by atoms with E-state index in [1.54, 1.807) is 20.1 Å². The smallest absolute Gasteiger partial charge is 0.411 e. The number of hydrogen-bond donors (Lipinski definition) is 1. The highest BCUT2D eigenvalue weighted by Gasteiger charge is 2.31. The first kappa shape index (κ1) is 21.2. The molecule has 0 aliphatic rings. The number of aromatic nitrogens is 2. The Kier molecular flexibility index (Phi) is 5.45. The number of hydrogen-bond acceptors (Lipinski definition) is 3. The van der Waals surface area contributed by atoms with Crippen LogP contribution in [0.4, 0.5) is 4.79 Å². The first-order valence-electron chi connectivity index (χ1n) is 10.3. The molecule has 6 nitrogen and oxygen atoms in total. The van der Waals surface area contributed by atoms with Crippen molar-refractivity contribution in [2.24, 2.45) is 5.73 Å². The molecule has 0 saturated carbocycles. The molecule has 0 fully saturated rings. The Morgan fingerprint density at radius 1 is 0.938 bits per heavy atom. The number of rotatable bonds is 4. The SMILES string of the molecule is COc1ccc(-c2n(C(N)=O)c(C)c(-c3ccccc3)[n+]2[O-])cc1-c1c(C)cccc1C. The van der Waals surface area contributed by atoms with E-state index in [1.807, 2.05) is 74.5 Å². The van der Waals surface area contributed by atoms with Gasteiger partial charge in [0.05, 0.1) is 12.7 Å². The zero-order chi connectivity index (χ0) is 23.0. The van der Waals surface area contributed by atoms with E-state index in [-0.39, 0.29) is 5.82 Å². The number of carbonyl (C=O) groups is 1. The van der Waals surface area contributed by atoms with Gasteiger partial charge in [0.1, 0.15) is 5.75 Å². The zero-order valence-corrected chi connectivity index (χ0v) is 18.5. The minimum absolute atomic E-state index is 0.170. The lowest BCUT2D eigenvalue weighted by molar-refractivity contribution is -0.581. The van der Waals surface area contributed by atoms with Crippen LogP contribution in [0, 0.1) is 26.0 Å². The van der Waals surface area contributed by atoms with Crippen LogP contribution in [0.2, 0.25) is 0 Å². The summed E-state index contributed by atoms with van der Waals surface area (Å²) in [6.45, 7) is 5.79. The van der Waals surface area contributed by atoms with E-state index in [2.05, 4.69) is 0 Å². The fourth-order valence-electron chi connectivity index (χ4n) is 4.33. The van der Waals surface area contributed by atoms with Gasteiger partial charge in [0, 0.05) is 18.1 Å². The summed E-state index contributed by atoms with van der Waals surface area (Å²) in [6, 6.07) is 20.1. The Morgan fingerprint density at radius 2 is 1.59 bits per heavy atom. The molecule has 0 unspecified atom stereocenters. The molecule has 0 aliphatic carbocycles. The molecular weight excluding hydrogens is 402 g/mol. The number of methoxy groups -OCH3 is 1. The number of nitrogens with two attached hydrogens (primary N) is 1. The molecular formula is C26H25N3O3. The summed E-state index contributed by atoms with van der Waals surface area (Å²) in [5.41, 5.74) is 11.9. The van der Waals surface area contributed by atoms with Crippen LogP contribution in [-0.4, -0.2) is 17.7 Å². The van der Waals surface area contributed by atoms with Gasteiger partial charge < -0.3 is 15.7 Å². The molecule has 1 heterocycles. The number of imidazole rings is 1. The van der Waals surface area contributed by atoms with Crippen molar-refractivity contribution in [1.29, 1.82) is 0 Å². The third-order valence-electron chi connectivity index (χ3n) is 5.76. The number of ether oxygens (including phenoxy) is 1. The van der Waals surface area contributed by atoms with Gasteiger partial charge in [0.25, 0.3) is 0 Å². The van der Waals surface area contributed by atoms with Crippen molar-refractivity contribution in [2.75, 3.05) is 7.11 Å². The van der Waals surface area contributed by atoms with E-state index in [1.165, 1.54) is 4.57 Å². The topological polar surface area (TPSA) is 84.2 Å². The minimum atomic E-state index is -0.714. The van der Waals surface area contributed by atoms with Crippen molar-refractivity contribution in [3.8, 4) is 39.5 Å². The van der Waals surface area contributed by atoms with Gasteiger partial charge in [-0.05, 0) is 48.7 Å². The fourth-order valence-corrected chi connectivity index (χ4v) is 4.33. The maximum atomic E-state index is 13.5. The van der Waals surface area contributed by atoms with Crippen LogP contribution in [0.1, 0.15) is 16.8 Å². The zero-order valence-electron chi connectivity index (χ0n) is 18.5.